The Bertz CT molecular complexity index is 577. The fourth-order valence-electron chi connectivity index (χ4n) is 2.10. The summed E-state index contributed by atoms with van der Waals surface area (Å²) in [6.45, 7) is 6.16. The van der Waals surface area contributed by atoms with Crippen LogP contribution in [0.5, 0.6) is 0 Å². The van der Waals surface area contributed by atoms with E-state index in [4.69, 9.17) is 17.3 Å². The van der Waals surface area contributed by atoms with Gasteiger partial charge in [0.05, 0.1) is 11.7 Å². The minimum Gasteiger partial charge on any atom is -0.344 e. The van der Waals surface area contributed by atoms with Crippen molar-refractivity contribution in [3.63, 3.8) is 0 Å². The van der Waals surface area contributed by atoms with E-state index in [0.29, 0.717) is 0 Å². The van der Waals surface area contributed by atoms with Crippen LogP contribution in [0.15, 0.2) is 24.3 Å². The van der Waals surface area contributed by atoms with Crippen molar-refractivity contribution in [3.8, 4) is 0 Å². The van der Waals surface area contributed by atoms with Crippen LogP contribution in [-0.2, 0) is 0 Å². The molecular formula is C15H20ClN3S. The van der Waals surface area contributed by atoms with Gasteiger partial charge in [0.25, 0.3) is 0 Å². The highest BCUT2D eigenvalue weighted by molar-refractivity contribution is 7.15. The molecule has 2 atom stereocenters. The van der Waals surface area contributed by atoms with E-state index >= 15 is 0 Å². The van der Waals surface area contributed by atoms with Crippen molar-refractivity contribution < 1.29 is 0 Å². The van der Waals surface area contributed by atoms with Gasteiger partial charge in [0.1, 0.15) is 0 Å². The number of aryl methyl sites for hydroxylation is 1. The first-order chi connectivity index (χ1) is 9.40. The first-order valence-corrected chi connectivity index (χ1v) is 7.80. The van der Waals surface area contributed by atoms with Gasteiger partial charge in [-0.1, -0.05) is 23.7 Å². The number of nitrogens with zero attached hydrogens (tertiary/aromatic N) is 2. The Hall–Kier alpha value is -1.10. The lowest BCUT2D eigenvalue weighted by atomic mass is 10.1. The van der Waals surface area contributed by atoms with E-state index in [0.717, 1.165) is 20.7 Å². The molecular weight excluding hydrogens is 290 g/mol. The van der Waals surface area contributed by atoms with Gasteiger partial charge in [0.2, 0.25) is 0 Å². The summed E-state index contributed by atoms with van der Waals surface area (Å²) in [5.41, 5.74) is 8.21. The normalized spacial score (nSPS) is 14.1. The van der Waals surface area contributed by atoms with Gasteiger partial charge in [-0.2, -0.15) is 0 Å². The van der Waals surface area contributed by atoms with Gasteiger partial charge in [-0.05, 0) is 38.5 Å². The Kier molecular flexibility index (Phi) is 4.68. The molecule has 2 rings (SSSR count). The lowest BCUT2D eigenvalue weighted by molar-refractivity contribution is 0.735. The minimum absolute atomic E-state index is 0.0282. The Morgan fingerprint density at radius 3 is 2.35 bits per heavy atom. The van der Waals surface area contributed by atoms with Crippen molar-refractivity contribution in [3.05, 3.63) is 45.4 Å². The molecule has 0 saturated heterocycles. The molecule has 0 saturated carbocycles. The van der Waals surface area contributed by atoms with Crippen molar-refractivity contribution in [1.82, 2.24) is 4.98 Å². The van der Waals surface area contributed by atoms with Gasteiger partial charge in [0, 0.05) is 23.0 Å². The van der Waals surface area contributed by atoms with E-state index in [1.54, 1.807) is 11.3 Å². The van der Waals surface area contributed by atoms with Crippen molar-refractivity contribution in [1.29, 1.82) is 0 Å². The molecule has 0 radical (unpaired) electrons. The molecule has 2 aromatic rings. The molecule has 1 aromatic heterocycles. The number of nitrogens with two attached hydrogens (primary N) is 1. The van der Waals surface area contributed by atoms with Crippen LogP contribution in [0, 0.1) is 6.92 Å². The van der Waals surface area contributed by atoms with E-state index in [1.165, 1.54) is 5.56 Å². The van der Waals surface area contributed by atoms with Gasteiger partial charge in [-0.3, -0.25) is 0 Å². The molecule has 108 valence electrons. The maximum atomic E-state index is 5.97. The van der Waals surface area contributed by atoms with E-state index in [-0.39, 0.29) is 12.1 Å². The predicted molar refractivity (Wildman–Crippen MR) is 87.7 cm³/mol. The predicted octanol–water partition coefficient (Wildman–Crippen LogP) is 4.32. The summed E-state index contributed by atoms with van der Waals surface area (Å²) in [5, 5.41) is 1.75. The summed E-state index contributed by atoms with van der Waals surface area (Å²) >= 11 is 7.60. The summed E-state index contributed by atoms with van der Waals surface area (Å²) in [4.78, 5) is 7.96. The second-order valence-corrected chi connectivity index (χ2v) is 6.52. The van der Waals surface area contributed by atoms with Gasteiger partial charge >= 0.3 is 0 Å². The fourth-order valence-corrected chi connectivity index (χ4v) is 3.28. The molecule has 0 aliphatic heterocycles. The van der Waals surface area contributed by atoms with Crippen LogP contribution in [-0.4, -0.2) is 12.0 Å². The summed E-state index contributed by atoms with van der Waals surface area (Å²) in [6.07, 6.45) is 0. The highest BCUT2D eigenvalue weighted by Gasteiger charge is 2.18. The van der Waals surface area contributed by atoms with Crippen LogP contribution in [0.4, 0.5) is 5.13 Å². The molecule has 0 aliphatic carbocycles. The molecule has 0 amide bonds. The van der Waals surface area contributed by atoms with Crippen LogP contribution >= 0.6 is 22.9 Å². The van der Waals surface area contributed by atoms with Crippen molar-refractivity contribution in [2.45, 2.75) is 32.9 Å². The molecule has 5 heteroatoms. The number of aromatic nitrogens is 1. The minimum atomic E-state index is 0.0282. The molecule has 20 heavy (non-hydrogen) atoms. The highest BCUT2D eigenvalue weighted by atomic mass is 35.5. The zero-order chi connectivity index (χ0) is 14.9. The third kappa shape index (κ3) is 3.14. The maximum absolute atomic E-state index is 5.97. The molecule has 1 heterocycles. The second kappa shape index (κ2) is 6.12. The van der Waals surface area contributed by atoms with E-state index in [2.05, 4.69) is 36.0 Å². The van der Waals surface area contributed by atoms with Crippen LogP contribution in [0.2, 0.25) is 5.02 Å². The molecule has 2 unspecified atom stereocenters. The Morgan fingerprint density at radius 1 is 1.25 bits per heavy atom. The number of hydrogen-bond donors (Lipinski definition) is 1. The smallest absolute Gasteiger partial charge is 0.186 e. The molecule has 0 spiro atoms. The maximum Gasteiger partial charge on any atom is 0.186 e. The third-order valence-electron chi connectivity index (χ3n) is 3.47. The summed E-state index contributed by atoms with van der Waals surface area (Å²) in [5.74, 6) is 0. The molecule has 1 aromatic carbocycles. The van der Waals surface area contributed by atoms with E-state index < -0.39 is 0 Å². The van der Waals surface area contributed by atoms with Crippen LogP contribution < -0.4 is 10.6 Å². The Labute approximate surface area is 129 Å². The third-order valence-corrected chi connectivity index (χ3v) is 5.17. The summed E-state index contributed by atoms with van der Waals surface area (Å²) in [6, 6.07) is 8.20. The van der Waals surface area contributed by atoms with Crippen LogP contribution in [0.25, 0.3) is 0 Å². The van der Waals surface area contributed by atoms with Gasteiger partial charge < -0.3 is 10.6 Å². The van der Waals surface area contributed by atoms with Gasteiger partial charge in [-0.25, -0.2) is 4.98 Å². The number of thiazole rings is 1. The van der Waals surface area contributed by atoms with Crippen LogP contribution in [0.1, 0.15) is 42.1 Å². The Morgan fingerprint density at radius 2 is 1.85 bits per heavy atom. The largest absolute Gasteiger partial charge is 0.344 e. The van der Waals surface area contributed by atoms with E-state index in [9.17, 15) is 0 Å². The molecule has 3 nitrogen and oxygen atoms in total. The standard InChI is InChI=1S/C15H20ClN3S/c1-9(17)14-10(2)18-15(20-14)19(4)11(3)12-5-7-13(16)8-6-12/h5-9,11H,17H2,1-4H3. The number of hydrogen-bond acceptors (Lipinski definition) is 4. The summed E-state index contributed by atoms with van der Waals surface area (Å²) in [7, 11) is 2.06. The number of benzene rings is 1. The average molecular weight is 310 g/mol. The number of rotatable bonds is 4. The summed E-state index contributed by atoms with van der Waals surface area (Å²) < 4.78 is 0. The number of halogens is 1. The first kappa shape index (κ1) is 15.3. The van der Waals surface area contributed by atoms with Crippen LogP contribution in [0.3, 0.4) is 0 Å². The molecule has 0 bridgehead atoms. The Balaban J connectivity index is 2.24. The zero-order valence-corrected chi connectivity index (χ0v) is 13.8. The first-order valence-electron chi connectivity index (χ1n) is 6.61. The zero-order valence-electron chi connectivity index (χ0n) is 12.2. The monoisotopic (exact) mass is 309 g/mol. The van der Waals surface area contributed by atoms with Crippen molar-refractivity contribution >= 4 is 28.1 Å². The molecule has 0 fully saturated rings. The SMILES string of the molecule is Cc1nc(N(C)C(C)c2ccc(Cl)cc2)sc1C(C)N. The topological polar surface area (TPSA) is 42.2 Å². The number of anilines is 1. The molecule has 2 N–H and O–H groups in total. The van der Waals surface area contributed by atoms with Crippen molar-refractivity contribution in [2.24, 2.45) is 5.73 Å². The quantitative estimate of drug-likeness (QED) is 0.914. The fraction of sp³-hybridized carbons (Fsp3) is 0.400. The lowest BCUT2D eigenvalue weighted by Crippen LogP contribution is -2.21. The van der Waals surface area contributed by atoms with Gasteiger partial charge in [0.15, 0.2) is 5.13 Å². The van der Waals surface area contributed by atoms with Gasteiger partial charge in [-0.15, -0.1) is 11.3 Å². The second-order valence-electron chi connectivity index (χ2n) is 5.07. The lowest BCUT2D eigenvalue weighted by Gasteiger charge is -2.24. The van der Waals surface area contributed by atoms with Crippen molar-refractivity contribution in [2.75, 3.05) is 11.9 Å². The average Bonchev–Trinajstić information content (AvgIpc) is 2.80. The highest BCUT2D eigenvalue weighted by Crippen LogP contribution is 2.33. The molecule has 0 aliphatic rings. The van der Waals surface area contributed by atoms with E-state index in [1.807, 2.05) is 26.0 Å².